The highest BCUT2D eigenvalue weighted by Gasteiger charge is 2.19. The van der Waals surface area contributed by atoms with Crippen LogP contribution in [0.15, 0.2) is 0 Å². The van der Waals surface area contributed by atoms with Crippen LogP contribution in [-0.2, 0) is 9.53 Å². The van der Waals surface area contributed by atoms with E-state index in [1.807, 2.05) is 13.8 Å². The van der Waals surface area contributed by atoms with Crippen LogP contribution in [0.5, 0.6) is 0 Å². The molecule has 78 valence electrons. The van der Waals surface area contributed by atoms with Crippen molar-refractivity contribution in [3.63, 3.8) is 0 Å². The molecule has 0 heterocycles. The predicted molar refractivity (Wildman–Crippen MR) is 50.8 cm³/mol. The summed E-state index contributed by atoms with van der Waals surface area (Å²) in [6, 6.07) is -0.447. The summed E-state index contributed by atoms with van der Waals surface area (Å²) in [6.07, 6.45) is 0.840. The molecule has 0 amide bonds. The lowest BCUT2D eigenvalue weighted by Crippen LogP contribution is -2.41. The van der Waals surface area contributed by atoms with Gasteiger partial charge in [-0.1, -0.05) is 13.8 Å². The number of hydrogen-bond donors (Lipinski definition) is 2. The minimum atomic E-state index is -0.785. The Morgan fingerprint density at radius 3 is 2.54 bits per heavy atom. The van der Waals surface area contributed by atoms with E-state index in [0.29, 0.717) is 13.2 Å². The van der Waals surface area contributed by atoms with Gasteiger partial charge in [0.1, 0.15) is 6.04 Å². The molecule has 0 aliphatic heterocycles. The summed E-state index contributed by atoms with van der Waals surface area (Å²) in [7, 11) is 1.64. The van der Waals surface area contributed by atoms with Gasteiger partial charge in [0.2, 0.25) is 0 Å². The topological polar surface area (TPSA) is 58.6 Å². The molecule has 0 aliphatic rings. The second kappa shape index (κ2) is 6.86. The first-order chi connectivity index (χ1) is 6.09. The van der Waals surface area contributed by atoms with Gasteiger partial charge in [-0.15, -0.1) is 0 Å². The molecular weight excluding hydrogens is 170 g/mol. The molecular formula is C9H19NO3. The zero-order valence-corrected chi connectivity index (χ0v) is 8.54. The van der Waals surface area contributed by atoms with Crippen LogP contribution in [0.4, 0.5) is 0 Å². The van der Waals surface area contributed by atoms with E-state index in [-0.39, 0.29) is 5.92 Å². The molecule has 0 saturated carbocycles. The first kappa shape index (κ1) is 12.4. The van der Waals surface area contributed by atoms with Crippen molar-refractivity contribution in [2.75, 3.05) is 20.3 Å². The van der Waals surface area contributed by atoms with Crippen LogP contribution in [0.2, 0.25) is 0 Å². The molecule has 4 heteroatoms. The van der Waals surface area contributed by atoms with Crippen molar-refractivity contribution in [3.8, 4) is 0 Å². The van der Waals surface area contributed by atoms with Gasteiger partial charge in [-0.05, 0) is 18.9 Å². The molecule has 1 atom stereocenters. The standard InChI is InChI=1S/C9H19NO3/c1-7(2)8(9(11)12)10-5-4-6-13-3/h7-8,10H,4-6H2,1-3H3,(H,11,12). The summed E-state index contributed by atoms with van der Waals surface area (Å²) in [5.41, 5.74) is 0. The van der Waals surface area contributed by atoms with E-state index >= 15 is 0 Å². The molecule has 13 heavy (non-hydrogen) atoms. The van der Waals surface area contributed by atoms with Crippen molar-refractivity contribution < 1.29 is 14.6 Å². The van der Waals surface area contributed by atoms with E-state index in [2.05, 4.69) is 5.32 Å². The van der Waals surface area contributed by atoms with Gasteiger partial charge in [-0.2, -0.15) is 0 Å². The summed E-state index contributed by atoms with van der Waals surface area (Å²) < 4.78 is 4.86. The van der Waals surface area contributed by atoms with Gasteiger partial charge in [-0.3, -0.25) is 4.79 Å². The lowest BCUT2D eigenvalue weighted by atomic mass is 10.0. The van der Waals surface area contributed by atoms with E-state index in [9.17, 15) is 4.79 Å². The van der Waals surface area contributed by atoms with E-state index in [0.717, 1.165) is 6.42 Å². The summed E-state index contributed by atoms with van der Waals surface area (Å²) in [5.74, 6) is -0.674. The Bertz CT molecular complexity index is 148. The second-order valence-electron chi connectivity index (χ2n) is 3.36. The highest BCUT2D eigenvalue weighted by atomic mass is 16.5. The van der Waals surface area contributed by atoms with Crippen molar-refractivity contribution >= 4 is 5.97 Å². The average Bonchev–Trinajstić information content (AvgIpc) is 2.02. The molecule has 0 rings (SSSR count). The summed E-state index contributed by atoms with van der Waals surface area (Å²) >= 11 is 0. The quantitative estimate of drug-likeness (QED) is 0.579. The molecule has 0 fully saturated rings. The molecule has 0 aromatic heterocycles. The normalized spacial score (nSPS) is 13.2. The van der Waals surface area contributed by atoms with Crippen LogP contribution in [0.3, 0.4) is 0 Å². The fraction of sp³-hybridized carbons (Fsp3) is 0.889. The van der Waals surface area contributed by atoms with E-state index in [1.54, 1.807) is 7.11 Å². The van der Waals surface area contributed by atoms with Gasteiger partial charge in [0, 0.05) is 13.7 Å². The number of aliphatic carboxylic acids is 1. The smallest absolute Gasteiger partial charge is 0.320 e. The Labute approximate surface area is 79.3 Å². The Hall–Kier alpha value is -0.610. The third-order valence-corrected chi connectivity index (χ3v) is 1.82. The monoisotopic (exact) mass is 189 g/mol. The third kappa shape index (κ3) is 5.60. The Morgan fingerprint density at radius 1 is 1.54 bits per heavy atom. The van der Waals surface area contributed by atoms with Gasteiger partial charge < -0.3 is 15.2 Å². The Kier molecular flexibility index (Phi) is 6.54. The zero-order valence-electron chi connectivity index (χ0n) is 8.54. The van der Waals surface area contributed by atoms with Crippen molar-refractivity contribution in [1.82, 2.24) is 5.32 Å². The van der Waals surface area contributed by atoms with Crippen LogP contribution >= 0.6 is 0 Å². The zero-order chi connectivity index (χ0) is 10.3. The maximum Gasteiger partial charge on any atom is 0.320 e. The molecule has 0 spiro atoms. The van der Waals surface area contributed by atoms with Gasteiger partial charge in [-0.25, -0.2) is 0 Å². The van der Waals surface area contributed by atoms with Gasteiger partial charge in [0.25, 0.3) is 0 Å². The highest BCUT2D eigenvalue weighted by molar-refractivity contribution is 5.73. The van der Waals surface area contributed by atoms with Gasteiger partial charge in [0.15, 0.2) is 0 Å². The fourth-order valence-electron chi connectivity index (χ4n) is 1.08. The molecule has 0 radical (unpaired) electrons. The van der Waals surface area contributed by atoms with Crippen molar-refractivity contribution in [3.05, 3.63) is 0 Å². The number of nitrogens with one attached hydrogen (secondary N) is 1. The number of carboxylic acids is 1. The molecule has 0 aliphatic carbocycles. The average molecular weight is 189 g/mol. The molecule has 2 N–H and O–H groups in total. The minimum absolute atomic E-state index is 0.111. The third-order valence-electron chi connectivity index (χ3n) is 1.82. The van der Waals surface area contributed by atoms with Crippen molar-refractivity contribution in [2.45, 2.75) is 26.3 Å². The SMILES string of the molecule is COCCCNC(C(=O)O)C(C)C. The number of carboxylic acid groups (broad SMARTS) is 1. The molecule has 0 saturated heterocycles. The Balaban J connectivity index is 3.64. The maximum atomic E-state index is 10.7. The van der Waals surface area contributed by atoms with E-state index in [4.69, 9.17) is 9.84 Å². The number of ether oxygens (including phenoxy) is 1. The van der Waals surface area contributed by atoms with Crippen LogP contribution in [0.1, 0.15) is 20.3 Å². The largest absolute Gasteiger partial charge is 0.480 e. The van der Waals surface area contributed by atoms with Gasteiger partial charge in [0.05, 0.1) is 0 Å². The first-order valence-electron chi connectivity index (χ1n) is 4.54. The van der Waals surface area contributed by atoms with Gasteiger partial charge >= 0.3 is 5.97 Å². The van der Waals surface area contributed by atoms with E-state index < -0.39 is 12.0 Å². The lowest BCUT2D eigenvalue weighted by molar-refractivity contribution is -0.140. The molecule has 0 aromatic rings. The summed E-state index contributed by atoms with van der Waals surface area (Å²) in [4.78, 5) is 10.7. The predicted octanol–water partition coefficient (Wildman–Crippen LogP) is 0.722. The van der Waals surface area contributed by atoms with Crippen LogP contribution in [0, 0.1) is 5.92 Å². The molecule has 0 bridgehead atoms. The van der Waals surface area contributed by atoms with Crippen LogP contribution in [-0.4, -0.2) is 37.4 Å². The second-order valence-corrected chi connectivity index (χ2v) is 3.36. The molecule has 0 aromatic carbocycles. The first-order valence-corrected chi connectivity index (χ1v) is 4.54. The van der Waals surface area contributed by atoms with Crippen molar-refractivity contribution in [1.29, 1.82) is 0 Å². The lowest BCUT2D eigenvalue weighted by Gasteiger charge is -2.17. The van der Waals surface area contributed by atoms with Crippen molar-refractivity contribution in [2.24, 2.45) is 5.92 Å². The highest BCUT2D eigenvalue weighted by Crippen LogP contribution is 2.01. The van der Waals surface area contributed by atoms with Crippen LogP contribution in [0.25, 0.3) is 0 Å². The van der Waals surface area contributed by atoms with Crippen LogP contribution < -0.4 is 5.32 Å². The molecule has 1 unspecified atom stereocenters. The van der Waals surface area contributed by atoms with E-state index in [1.165, 1.54) is 0 Å². The number of hydrogen-bond acceptors (Lipinski definition) is 3. The minimum Gasteiger partial charge on any atom is -0.480 e. The fourth-order valence-corrected chi connectivity index (χ4v) is 1.08. The number of rotatable bonds is 7. The summed E-state index contributed by atoms with van der Waals surface area (Å²) in [5, 5.41) is 11.8. The number of methoxy groups -OCH3 is 1. The Morgan fingerprint density at radius 2 is 2.15 bits per heavy atom. The summed E-state index contributed by atoms with van der Waals surface area (Å²) in [6.45, 7) is 5.13. The number of carbonyl (C=O) groups is 1. The molecule has 4 nitrogen and oxygen atoms in total. The maximum absolute atomic E-state index is 10.7.